The molecule has 0 spiro atoms. The summed E-state index contributed by atoms with van der Waals surface area (Å²) in [6, 6.07) is 10.8. The van der Waals surface area contributed by atoms with Crippen molar-refractivity contribution >= 4 is 16.6 Å². The van der Waals surface area contributed by atoms with Crippen LogP contribution in [0.4, 0.5) is 5.69 Å². The van der Waals surface area contributed by atoms with Gasteiger partial charge in [0.25, 0.3) is 0 Å². The summed E-state index contributed by atoms with van der Waals surface area (Å²) in [5, 5.41) is 4.64. The largest absolute Gasteiger partial charge is 0.378 e. The number of aryl methyl sites for hydroxylation is 1. The second kappa shape index (κ2) is 5.56. The van der Waals surface area contributed by atoms with E-state index >= 15 is 0 Å². The standard InChI is InChI=1S/C17H20N4/c1-12(2)21-11-18-9-15(21)10-19-16-6-4-5-14-8-7-13(3)20-17(14)16/h4-9,11-12,19H,10H2,1-3H3. The molecule has 2 heterocycles. The maximum atomic E-state index is 4.65. The van der Waals surface area contributed by atoms with Gasteiger partial charge in [-0.25, -0.2) is 4.98 Å². The SMILES string of the molecule is Cc1ccc2cccc(NCc3cncn3C(C)C)c2n1. The zero-order valence-corrected chi connectivity index (χ0v) is 12.7. The van der Waals surface area contributed by atoms with Crippen LogP contribution < -0.4 is 5.32 Å². The van der Waals surface area contributed by atoms with Crippen molar-refractivity contribution < 1.29 is 0 Å². The van der Waals surface area contributed by atoms with Crippen molar-refractivity contribution in [3.63, 3.8) is 0 Å². The number of anilines is 1. The second-order valence-corrected chi connectivity index (χ2v) is 5.57. The minimum Gasteiger partial charge on any atom is -0.378 e. The fourth-order valence-electron chi connectivity index (χ4n) is 2.51. The lowest BCUT2D eigenvalue weighted by molar-refractivity contribution is 0.577. The molecule has 0 aliphatic heterocycles. The summed E-state index contributed by atoms with van der Waals surface area (Å²) in [4.78, 5) is 8.89. The first kappa shape index (κ1) is 13.6. The fourth-order valence-corrected chi connectivity index (χ4v) is 2.51. The van der Waals surface area contributed by atoms with Crippen LogP contribution in [0, 0.1) is 6.92 Å². The summed E-state index contributed by atoms with van der Waals surface area (Å²) in [6.45, 7) is 7.08. The molecule has 0 amide bonds. The van der Waals surface area contributed by atoms with Crippen molar-refractivity contribution in [2.45, 2.75) is 33.4 Å². The van der Waals surface area contributed by atoms with E-state index in [2.05, 4.69) is 58.0 Å². The zero-order valence-electron chi connectivity index (χ0n) is 12.7. The highest BCUT2D eigenvalue weighted by Crippen LogP contribution is 2.22. The van der Waals surface area contributed by atoms with Gasteiger partial charge in [-0.1, -0.05) is 18.2 Å². The maximum Gasteiger partial charge on any atom is 0.0951 e. The summed E-state index contributed by atoms with van der Waals surface area (Å²) < 4.78 is 2.18. The van der Waals surface area contributed by atoms with Gasteiger partial charge in [0.05, 0.1) is 29.8 Å². The van der Waals surface area contributed by atoms with Gasteiger partial charge in [0.2, 0.25) is 0 Å². The molecule has 0 bridgehead atoms. The van der Waals surface area contributed by atoms with E-state index in [4.69, 9.17) is 0 Å². The lowest BCUT2D eigenvalue weighted by atomic mass is 10.1. The Labute approximate surface area is 124 Å². The number of imidazole rings is 1. The van der Waals surface area contributed by atoms with E-state index in [1.807, 2.05) is 25.5 Å². The lowest BCUT2D eigenvalue weighted by Crippen LogP contribution is -2.09. The first-order valence-electron chi connectivity index (χ1n) is 7.26. The molecule has 0 atom stereocenters. The number of aromatic nitrogens is 3. The van der Waals surface area contributed by atoms with E-state index < -0.39 is 0 Å². The molecule has 2 aromatic heterocycles. The number of hydrogen-bond donors (Lipinski definition) is 1. The average Bonchev–Trinajstić information content (AvgIpc) is 2.93. The van der Waals surface area contributed by atoms with Crippen LogP contribution in [-0.2, 0) is 6.54 Å². The Hall–Kier alpha value is -2.36. The third kappa shape index (κ3) is 2.75. The van der Waals surface area contributed by atoms with Gasteiger partial charge in [-0.15, -0.1) is 0 Å². The van der Waals surface area contributed by atoms with Crippen molar-refractivity contribution in [1.82, 2.24) is 14.5 Å². The van der Waals surface area contributed by atoms with Gasteiger partial charge in [0, 0.05) is 23.3 Å². The van der Waals surface area contributed by atoms with Crippen molar-refractivity contribution in [2.75, 3.05) is 5.32 Å². The molecule has 0 fully saturated rings. The Morgan fingerprint density at radius 2 is 2.05 bits per heavy atom. The smallest absolute Gasteiger partial charge is 0.0951 e. The molecule has 0 radical (unpaired) electrons. The average molecular weight is 280 g/mol. The summed E-state index contributed by atoms with van der Waals surface area (Å²) in [5.74, 6) is 0. The second-order valence-electron chi connectivity index (χ2n) is 5.57. The van der Waals surface area contributed by atoms with Gasteiger partial charge < -0.3 is 9.88 Å². The third-order valence-electron chi connectivity index (χ3n) is 3.62. The van der Waals surface area contributed by atoms with Crippen LogP contribution in [0.25, 0.3) is 10.9 Å². The quantitative estimate of drug-likeness (QED) is 0.787. The van der Waals surface area contributed by atoms with Crippen molar-refractivity contribution in [2.24, 2.45) is 0 Å². The number of nitrogens with zero attached hydrogens (tertiary/aromatic N) is 3. The van der Waals surface area contributed by atoms with E-state index in [9.17, 15) is 0 Å². The third-order valence-corrected chi connectivity index (χ3v) is 3.62. The summed E-state index contributed by atoms with van der Waals surface area (Å²) in [6.07, 6.45) is 3.80. The first-order chi connectivity index (χ1) is 10.1. The molecule has 21 heavy (non-hydrogen) atoms. The highest BCUT2D eigenvalue weighted by molar-refractivity contribution is 5.90. The fraction of sp³-hybridized carbons (Fsp3) is 0.294. The number of pyridine rings is 1. The van der Waals surface area contributed by atoms with Gasteiger partial charge in [0.1, 0.15) is 0 Å². The summed E-state index contributed by atoms with van der Waals surface area (Å²) >= 11 is 0. The van der Waals surface area contributed by atoms with E-state index in [1.54, 1.807) is 0 Å². The predicted octanol–water partition coefficient (Wildman–Crippen LogP) is 3.93. The van der Waals surface area contributed by atoms with Crippen LogP contribution in [0.5, 0.6) is 0 Å². The minimum absolute atomic E-state index is 0.414. The molecule has 4 heteroatoms. The van der Waals surface area contributed by atoms with E-state index in [0.29, 0.717) is 6.04 Å². The molecule has 0 aliphatic carbocycles. The van der Waals surface area contributed by atoms with E-state index in [1.165, 1.54) is 5.69 Å². The Morgan fingerprint density at radius 1 is 1.19 bits per heavy atom. The molecule has 1 aromatic carbocycles. The molecular formula is C17H20N4. The van der Waals surface area contributed by atoms with Crippen molar-refractivity contribution in [3.8, 4) is 0 Å². The monoisotopic (exact) mass is 280 g/mol. The number of nitrogens with one attached hydrogen (secondary N) is 1. The number of fused-ring (bicyclic) bond motifs is 1. The molecule has 0 aliphatic rings. The molecule has 0 saturated carbocycles. The molecule has 108 valence electrons. The van der Waals surface area contributed by atoms with Crippen LogP contribution in [0.15, 0.2) is 42.9 Å². The van der Waals surface area contributed by atoms with Gasteiger partial charge in [0.15, 0.2) is 0 Å². The Morgan fingerprint density at radius 3 is 2.86 bits per heavy atom. The Kier molecular flexibility index (Phi) is 3.60. The molecule has 3 aromatic rings. The summed E-state index contributed by atoms with van der Waals surface area (Å²) in [7, 11) is 0. The maximum absolute atomic E-state index is 4.65. The van der Waals surface area contributed by atoms with Crippen LogP contribution >= 0.6 is 0 Å². The van der Waals surface area contributed by atoms with Gasteiger partial charge in [-0.05, 0) is 32.9 Å². The number of rotatable bonds is 4. The summed E-state index contributed by atoms with van der Waals surface area (Å²) in [5.41, 5.74) is 4.29. The highest BCUT2D eigenvalue weighted by Gasteiger charge is 2.07. The lowest BCUT2D eigenvalue weighted by Gasteiger charge is -2.14. The van der Waals surface area contributed by atoms with Gasteiger partial charge in [-0.3, -0.25) is 4.98 Å². The zero-order chi connectivity index (χ0) is 14.8. The molecule has 0 saturated heterocycles. The Balaban J connectivity index is 1.88. The first-order valence-corrected chi connectivity index (χ1v) is 7.26. The predicted molar refractivity (Wildman–Crippen MR) is 86.4 cm³/mol. The van der Waals surface area contributed by atoms with Crippen LogP contribution in [0.2, 0.25) is 0 Å². The van der Waals surface area contributed by atoms with E-state index in [-0.39, 0.29) is 0 Å². The highest BCUT2D eigenvalue weighted by atomic mass is 15.1. The van der Waals surface area contributed by atoms with Crippen molar-refractivity contribution in [1.29, 1.82) is 0 Å². The van der Waals surface area contributed by atoms with Crippen LogP contribution in [0.3, 0.4) is 0 Å². The molecule has 1 N–H and O–H groups in total. The molecular weight excluding hydrogens is 260 g/mol. The topological polar surface area (TPSA) is 42.7 Å². The number of benzene rings is 1. The number of hydrogen-bond acceptors (Lipinski definition) is 3. The molecule has 3 rings (SSSR count). The minimum atomic E-state index is 0.414. The van der Waals surface area contributed by atoms with Crippen LogP contribution in [-0.4, -0.2) is 14.5 Å². The Bertz CT molecular complexity index is 758. The van der Waals surface area contributed by atoms with Gasteiger partial charge in [-0.2, -0.15) is 0 Å². The number of para-hydroxylation sites is 1. The van der Waals surface area contributed by atoms with Gasteiger partial charge >= 0.3 is 0 Å². The normalized spacial score (nSPS) is 11.2. The molecule has 0 unspecified atom stereocenters. The van der Waals surface area contributed by atoms with E-state index in [0.717, 1.165) is 28.8 Å². The van der Waals surface area contributed by atoms with Crippen molar-refractivity contribution in [3.05, 3.63) is 54.2 Å². The van der Waals surface area contributed by atoms with Crippen LogP contribution in [0.1, 0.15) is 31.3 Å². The molecule has 4 nitrogen and oxygen atoms in total.